The predicted octanol–water partition coefficient (Wildman–Crippen LogP) is 5.43. The van der Waals surface area contributed by atoms with Crippen molar-refractivity contribution in [2.75, 3.05) is 50.9 Å². The van der Waals surface area contributed by atoms with E-state index >= 15 is 8.78 Å². The van der Waals surface area contributed by atoms with Crippen molar-refractivity contribution in [2.24, 2.45) is 0 Å². The van der Waals surface area contributed by atoms with Crippen LogP contribution >= 0.6 is 0 Å². The number of aromatic nitrogens is 2. The van der Waals surface area contributed by atoms with Crippen LogP contribution in [0.3, 0.4) is 0 Å². The van der Waals surface area contributed by atoms with Gasteiger partial charge in [0.25, 0.3) is 0 Å². The molecule has 2 unspecified atom stereocenters. The van der Waals surface area contributed by atoms with E-state index in [4.69, 9.17) is 14.5 Å². The van der Waals surface area contributed by atoms with Crippen molar-refractivity contribution < 1.29 is 23.4 Å². The number of ether oxygens (including phenoxy) is 2. The van der Waals surface area contributed by atoms with E-state index in [-0.39, 0.29) is 22.8 Å². The lowest BCUT2D eigenvalue weighted by Gasteiger charge is -2.34. The minimum Gasteiger partial charge on any atom is -0.508 e. The standard InChI is InChI=1S/C34H39F2N5O3/c1-3-21-6-4-7-22-14-25(42)15-26(29(21)22)30-28(35)16-27-32(31(30)36)38-34(44-12-5-10-40-11-13-43-19-20(40)2)39-33(27)41-17-23-8-9-24(18-41)37-23/h4,6-7,14-16,20,23-24,37,42H,3,5,8-13,17-19H2,1-2H3/t20-,23?,24?/m1/s1. The summed E-state index contributed by atoms with van der Waals surface area (Å²) in [4.78, 5) is 13.8. The Balaban J connectivity index is 1.30. The zero-order chi connectivity index (χ0) is 30.4. The van der Waals surface area contributed by atoms with Gasteiger partial charge < -0.3 is 24.8 Å². The van der Waals surface area contributed by atoms with Gasteiger partial charge >= 0.3 is 6.01 Å². The van der Waals surface area contributed by atoms with E-state index in [1.807, 2.05) is 25.1 Å². The van der Waals surface area contributed by atoms with Crippen LogP contribution in [0.1, 0.15) is 38.7 Å². The molecule has 3 atom stereocenters. The number of piperazine rings is 1. The summed E-state index contributed by atoms with van der Waals surface area (Å²) in [5.74, 6) is -1.07. The molecule has 44 heavy (non-hydrogen) atoms. The summed E-state index contributed by atoms with van der Waals surface area (Å²) in [6, 6.07) is 11.1. The summed E-state index contributed by atoms with van der Waals surface area (Å²) < 4.78 is 44.6. The average molecular weight is 604 g/mol. The van der Waals surface area contributed by atoms with Crippen LogP contribution in [-0.4, -0.2) is 84.1 Å². The quantitative estimate of drug-likeness (QED) is 0.258. The smallest absolute Gasteiger partial charge is 0.319 e. The molecular weight excluding hydrogens is 564 g/mol. The fourth-order valence-electron chi connectivity index (χ4n) is 7.19. The van der Waals surface area contributed by atoms with Crippen LogP contribution in [0.4, 0.5) is 14.6 Å². The summed E-state index contributed by atoms with van der Waals surface area (Å²) in [6.45, 7) is 9.08. The zero-order valence-electron chi connectivity index (χ0n) is 25.3. The predicted molar refractivity (Wildman–Crippen MR) is 168 cm³/mol. The topological polar surface area (TPSA) is 83.0 Å². The zero-order valence-corrected chi connectivity index (χ0v) is 25.3. The molecule has 8 nitrogen and oxygen atoms in total. The van der Waals surface area contributed by atoms with E-state index in [1.165, 1.54) is 12.1 Å². The highest BCUT2D eigenvalue weighted by molar-refractivity contribution is 6.03. The van der Waals surface area contributed by atoms with E-state index in [1.54, 1.807) is 6.07 Å². The molecule has 1 aromatic heterocycles. The number of hydrogen-bond donors (Lipinski definition) is 2. The second-order valence-electron chi connectivity index (χ2n) is 12.3. The molecule has 3 aromatic carbocycles. The van der Waals surface area contributed by atoms with Crippen LogP contribution in [0.25, 0.3) is 32.8 Å². The van der Waals surface area contributed by atoms with Gasteiger partial charge in [-0.3, -0.25) is 4.90 Å². The second-order valence-corrected chi connectivity index (χ2v) is 12.3. The van der Waals surface area contributed by atoms with Gasteiger partial charge in [-0.25, -0.2) is 8.78 Å². The van der Waals surface area contributed by atoms with Crippen LogP contribution < -0.4 is 15.0 Å². The lowest BCUT2D eigenvalue weighted by Crippen LogP contribution is -2.51. The fourth-order valence-corrected chi connectivity index (χ4v) is 7.19. The van der Waals surface area contributed by atoms with Crippen LogP contribution in [0, 0.1) is 11.6 Å². The van der Waals surface area contributed by atoms with Crippen molar-refractivity contribution >= 4 is 27.5 Å². The Morgan fingerprint density at radius 3 is 2.70 bits per heavy atom. The SMILES string of the molecule is CCc1cccc2cc(O)cc(-c3c(F)cc4c(N5CC6CCC(C5)N6)nc(OCCCN5CCOC[C@H]5C)nc4c3F)c12. The number of phenols is 1. The van der Waals surface area contributed by atoms with Crippen LogP contribution in [0.5, 0.6) is 11.8 Å². The lowest BCUT2D eigenvalue weighted by molar-refractivity contribution is -0.00211. The molecule has 0 aliphatic carbocycles. The molecule has 4 heterocycles. The highest BCUT2D eigenvalue weighted by Gasteiger charge is 2.34. The summed E-state index contributed by atoms with van der Waals surface area (Å²) in [5, 5.41) is 15.9. The third-order valence-corrected chi connectivity index (χ3v) is 9.38. The monoisotopic (exact) mass is 603 g/mol. The largest absolute Gasteiger partial charge is 0.508 e. The molecule has 3 aliphatic heterocycles. The van der Waals surface area contributed by atoms with Crippen molar-refractivity contribution in [2.45, 2.75) is 57.7 Å². The number of hydrogen-bond acceptors (Lipinski definition) is 8. The Bertz CT molecular complexity index is 1690. The van der Waals surface area contributed by atoms with Crippen LogP contribution in [0.2, 0.25) is 0 Å². The molecule has 3 aliphatic rings. The van der Waals surface area contributed by atoms with Gasteiger partial charge in [0.1, 0.15) is 22.9 Å². The molecule has 0 radical (unpaired) electrons. The number of phenolic OH excluding ortho intramolecular Hbond substituents is 1. The summed E-state index contributed by atoms with van der Waals surface area (Å²) >= 11 is 0. The third-order valence-electron chi connectivity index (χ3n) is 9.38. The molecule has 3 saturated heterocycles. The van der Waals surface area contributed by atoms with E-state index in [9.17, 15) is 5.11 Å². The maximum atomic E-state index is 16.8. The molecule has 0 amide bonds. The first-order valence-corrected chi connectivity index (χ1v) is 15.8. The second kappa shape index (κ2) is 12.1. The van der Waals surface area contributed by atoms with Gasteiger partial charge in [0.15, 0.2) is 5.82 Å². The number of aryl methyl sites for hydroxylation is 1. The van der Waals surface area contributed by atoms with Crippen molar-refractivity contribution in [3.8, 4) is 22.9 Å². The van der Waals surface area contributed by atoms with Gasteiger partial charge in [-0.1, -0.05) is 25.1 Å². The van der Waals surface area contributed by atoms with Gasteiger partial charge in [0.2, 0.25) is 0 Å². The van der Waals surface area contributed by atoms with E-state index in [2.05, 4.69) is 27.0 Å². The minimum absolute atomic E-state index is 0.0135. The maximum Gasteiger partial charge on any atom is 0.319 e. The summed E-state index contributed by atoms with van der Waals surface area (Å²) in [7, 11) is 0. The molecular formula is C34H39F2N5O3. The van der Waals surface area contributed by atoms with Gasteiger partial charge in [-0.05, 0) is 72.7 Å². The summed E-state index contributed by atoms with van der Waals surface area (Å²) in [5.41, 5.74) is 1.04. The number of benzene rings is 3. The Labute approximate surface area is 256 Å². The van der Waals surface area contributed by atoms with Gasteiger partial charge in [-0.2, -0.15) is 9.97 Å². The minimum atomic E-state index is -0.786. The Kier molecular flexibility index (Phi) is 7.99. The highest BCUT2D eigenvalue weighted by atomic mass is 19.1. The first-order valence-electron chi connectivity index (χ1n) is 15.8. The van der Waals surface area contributed by atoms with E-state index in [0.29, 0.717) is 66.4 Å². The number of fused-ring (bicyclic) bond motifs is 4. The molecule has 3 fully saturated rings. The number of aromatic hydroxyl groups is 1. The van der Waals surface area contributed by atoms with Crippen molar-refractivity contribution in [1.82, 2.24) is 20.2 Å². The van der Waals surface area contributed by atoms with Crippen molar-refractivity contribution in [3.05, 3.63) is 53.6 Å². The Morgan fingerprint density at radius 1 is 1.11 bits per heavy atom. The molecule has 2 bridgehead atoms. The number of nitrogens with zero attached hydrogens (tertiary/aromatic N) is 4. The molecule has 4 aromatic rings. The Hall–Kier alpha value is -3.60. The number of rotatable bonds is 8. The number of nitrogens with one attached hydrogen (secondary N) is 1. The molecule has 2 N–H and O–H groups in total. The first kappa shape index (κ1) is 29.1. The normalized spacial score (nSPS) is 22.3. The van der Waals surface area contributed by atoms with E-state index < -0.39 is 11.6 Å². The summed E-state index contributed by atoms with van der Waals surface area (Å²) in [6.07, 6.45) is 3.55. The Morgan fingerprint density at radius 2 is 1.93 bits per heavy atom. The van der Waals surface area contributed by atoms with Crippen molar-refractivity contribution in [3.63, 3.8) is 0 Å². The van der Waals surface area contributed by atoms with E-state index in [0.717, 1.165) is 56.5 Å². The van der Waals surface area contributed by atoms with Gasteiger partial charge in [0.05, 0.1) is 25.4 Å². The lowest BCUT2D eigenvalue weighted by atomic mass is 9.92. The number of morpholine rings is 1. The van der Waals surface area contributed by atoms with Gasteiger partial charge in [0, 0.05) is 49.7 Å². The average Bonchev–Trinajstić information content (AvgIpc) is 3.36. The van der Waals surface area contributed by atoms with Crippen LogP contribution in [0.15, 0.2) is 36.4 Å². The third kappa shape index (κ3) is 5.44. The number of halogens is 2. The molecule has 7 rings (SSSR count). The van der Waals surface area contributed by atoms with Crippen LogP contribution in [-0.2, 0) is 11.2 Å². The highest BCUT2D eigenvalue weighted by Crippen LogP contribution is 2.41. The fraction of sp³-hybridized carbons (Fsp3) is 0.471. The molecule has 232 valence electrons. The first-order chi connectivity index (χ1) is 21.4. The molecule has 0 spiro atoms. The van der Waals surface area contributed by atoms with Gasteiger partial charge in [-0.15, -0.1) is 0 Å². The van der Waals surface area contributed by atoms with Crippen molar-refractivity contribution in [1.29, 1.82) is 0 Å². The number of anilines is 1. The molecule has 0 saturated carbocycles. The maximum absolute atomic E-state index is 16.8. The molecule has 10 heteroatoms.